The molecule has 0 saturated heterocycles. The van der Waals surface area contributed by atoms with E-state index in [9.17, 15) is 0 Å². The van der Waals surface area contributed by atoms with Crippen LogP contribution in [0.2, 0.25) is 0 Å². The van der Waals surface area contributed by atoms with E-state index in [1.165, 1.54) is 19.3 Å². The molecule has 2 aromatic rings. The first-order chi connectivity index (χ1) is 10.2. The van der Waals surface area contributed by atoms with E-state index in [0.29, 0.717) is 0 Å². The third-order valence-corrected chi connectivity index (χ3v) is 3.46. The Morgan fingerprint density at radius 1 is 1.10 bits per heavy atom. The molecule has 1 N–H and O–H groups in total. The zero-order chi connectivity index (χ0) is 15.1. The molecule has 0 fully saturated rings. The topological polar surface area (TPSA) is 42.7 Å². The van der Waals surface area contributed by atoms with Crippen LogP contribution in [0.3, 0.4) is 0 Å². The maximum atomic E-state index is 4.66. The summed E-state index contributed by atoms with van der Waals surface area (Å²) in [6.07, 6.45) is 3.74. The van der Waals surface area contributed by atoms with E-state index in [0.717, 1.165) is 30.0 Å². The van der Waals surface area contributed by atoms with Gasteiger partial charge < -0.3 is 5.32 Å². The molecular formula is C17H26N4. The minimum Gasteiger partial charge on any atom is -0.311 e. The van der Waals surface area contributed by atoms with E-state index < -0.39 is 0 Å². The monoisotopic (exact) mass is 286 g/mol. The summed E-state index contributed by atoms with van der Waals surface area (Å²) < 4.78 is 0. The van der Waals surface area contributed by atoms with Gasteiger partial charge in [0.15, 0.2) is 0 Å². The minimum atomic E-state index is 0.279. The largest absolute Gasteiger partial charge is 0.311 e. The number of hydrogen-bond donors (Lipinski definition) is 1. The van der Waals surface area contributed by atoms with Crippen molar-refractivity contribution in [3.63, 3.8) is 0 Å². The van der Waals surface area contributed by atoms with Gasteiger partial charge in [-0.2, -0.15) is 15.0 Å². The van der Waals surface area contributed by atoms with Crippen LogP contribution in [0.25, 0.3) is 11.3 Å². The highest BCUT2D eigenvalue weighted by Crippen LogP contribution is 2.21. The van der Waals surface area contributed by atoms with Crippen LogP contribution in [0, 0.1) is 0 Å². The fourth-order valence-corrected chi connectivity index (χ4v) is 2.23. The molecule has 21 heavy (non-hydrogen) atoms. The lowest BCUT2D eigenvalue weighted by Crippen LogP contribution is -2.16. The lowest BCUT2D eigenvalue weighted by Gasteiger charge is -2.03. The second kappa shape index (κ2) is 7.93. The average Bonchev–Trinajstić information content (AvgIpc) is 2.92. The molecule has 1 aromatic heterocycles. The molecule has 0 amide bonds. The molecule has 0 saturated carbocycles. The molecule has 1 aromatic carbocycles. The van der Waals surface area contributed by atoms with Crippen LogP contribution in [-0.2, 0) is 6.54 Å². The summed E-state index contributed by atoms with van der Waals surface area (Å²) >= 11 is 0. The van der Waals surface area contributed by atoms with Gasteiger partial charge in [-0.05, 0) is 26.8 Å². The Hall–Kier alpha value is -1.68. The molecule has 2 rings (SSSR count). The predicted octanol–water partition coefficient (Wildman–Crippen LogP) is 3.81. The van der Waals surface area contributed by atoms with E-state index in [1.54, 1.807) is 0 Å². The summed E-state index contributed by atoms with van der Waals surface area (Å²) in [5, 5.41) is 12.8. The first-order valence-corrected chi connectivity index (χ1v) is 7.94. The maximum absolute atomic E-state index is 4.66. The van der Waals surface area contributed by atoms with Crippen LogP contribution in [0.5, 0.6) is 0 Å². The third-order valence-electron chi connectivity index (χ3n) is 3.46. The molecule has 1 heterocycles. The Morgan fingerprint density at radius 3 is 2.52 bits per heavy atom. The Kier molecular flexibility index (Phi) is 5.93. The Bertz CT molecular complexity index is 531. The van der Waals surface area contributed by atoms with Gasteiger partial charge >= 0.3 is 0 Å². The fraction of sp³-hybridized carbons (Fsp3) is 0.529. The SMILES string of the molecule is CCCCCNCc1nn(C(C)C)nc1-c1ccccc1. The summed E-state index contributed by atoms with van der Waals surface area (Å²) in [5.74, 6) is 0. The van der Waals surface area contributed by atoms with Crippen LogP contribution in [-0.4, -0.2) is 21.5 Å². The number of unbranched alkanes of at least 4 members (excludes halogenated alkanes) is 2. The number of hydrogen-bond acceptors (Lipinski definition) is 3. The molecule has 4 nitrogen and oxygen atoms in total. The van der Waals surface area contributed by atoms with Crippen LogP contribution >= 0.6 is 0 Å². The Morgan fingerprint density at radius 2 is 1.86 bits per heavy atom. The second-order valence-electron chi connectivity index (χ2n) is 5.66. The van der Waals surface area contributed by atoms with Crippen molar-refractivity contribution in [1.82, 2.24) is 20.3 Å². The van der Waals surface area contributed by atoms with Gasteiger partial charge in [0.05, 0.1) is 6.04 Å². The van der Waals surface area contributed by atoms with Gasteiger partial charge in [0.2, 0.25) is 0 Å². The van der Waals surface area contributed by atoms with Crippen molar-refractivity contribution < 1.29 is 0 Å². The number of benzene rings is 1. The van der Waals surface area contributed by atoms with E-state index in [4.69, 9.17) is 0 Å². The summed E-state index contributed by atoms with van der Waals surface area (Å²) in [4.78, 5) is 1.81. The van der Waals surface area contributed by atoms with Crippen molar-refractivity contribution in [2.75, 3.05) is 6.54 Å². The van der Waals surface area contributed by atoms with Crippen LogP contribution in [0.4, 0.5) is 0 Å². The normalized spacial score (nSPS) is 11.2. The predicted molar refractivity (Wildman–Crippen MR) is 87.1 cm³/mol. The summed E-state index contributed by atoms with van der Waals surface area (Å²) in [6.45, 7) is 8.25. The van der Waals surface area contributed by atoms with Gasteiger partial charge in [0.1, 0.15) is 11.4 Å². The number of nitrogens with zero attached hydrogens (tertiary/aromatic N) is 3. The molecule has 0 atom stereocenters. The molecule has 4 heteroatoms. The van der Waals surface area contributed by atoms with Crippen LogP contribution < -0.4 is 5.32 Å². The van der Waals surface area contributed by atoms with Crippen LogP contribution in [0.1, 0.15) is 51.8 Å². The van der Waals surface area contributed by atoms with Crippen molar-refractivity contribution in [2.24, 2.45) is 0 Å². The smallest absolute Gasteiger partial charge is 0.117 e. The molecule has 0 bridgehead atoms. The minimum absolute atomic E-state index is 0.279. The van der Waals surface area contributed by atoms with Gasteiger partial charge in [-0.25, -0.2) is 0 Å². The second-order valence-corrected chi connectivity index (χ2v) is 5.66. The van der Waals surface area contributed by atoms with Gasteiger partial charge in [0, 0.05) is 12.1 Å². The summed E-state index contributed by atoms with van der Waals surface area (Å²) in [5.41, 5.74) is 3.16. The Balaban J connectivity index is 2.11. The lowest BCUT2D eigenvalue weighted by atomic mass is 10.1. The van der Waals surface area contributed by atoms with Crippen molar-refractivity contribution >= 4 is 0 Å². The van der Waals surface area contributed by atoms with Crippen molar-refractivity contribution in [2.45, 2.75) is 52.6 Å². The molecule has 0 aliphatic heterocycles. The number of nitrogens with one attached hydrogen (secondary N) is 1. The van der Waals surface area contributed by atoms with Crippen molar-refractivity contribution in [3.05, 3.63) is 36.0 Å². The lowest BCUT2D eigenvalue weighted by molar-refractivity contribution is 0.461. The standard InChI is InChI=1S/C17H26N4/c1-4-5-9-12-18-13-16-17(15-10-7-6-8-11-15)20-21(19-16)14(2)3/h6-8,10-11,14,18H,4-5,9,12-13H2,1-3H3. The first-order valence-electron chi connectivity index (χ1n) is 7.94. The van der Waals surface area contributed by atoms with Crippen molar-refractivity contribution in [1.29, 1.82) is 0 Å². The van der Waals surface area contributed by atoms with Gasteiger partial charge in [-0.15, -0.1) is 0 Å². The van der Waals surface area contributed by atoms with Crippen LogP contribution in [0.15, 0.2) is 30.3 Å². The van der Waals surface area contributed by atoms with E-state index in [2.05, 4.69) is 48.4 Å². The summed E-state index contributed by atoms with van der Waals surface area (Å²) in [7, 11) is 0. The molecular weight excluding hydrogens is 260 g/mol. The van der Waals surface area contributed by atoms with E-state index in [1.807, 2.05) is 23.0 Å². The van der Waals surface area contributed by atoms with Gasteiger partial charge in [-0.1, -0.05) is 50.1 Å². The highest BCUT2D eigenvalue weighted by molar-refractivity contribution is 5.60. The Labute approximate surface area is 127 Å². The zero-order valence-corrected chi connectivity index (χ0v) is 13.3. The molecule has 0 radical (unpaired) electrons. The summed E-state index contributed by atoms with van der Waals surface area (Å²) in [6, 6.07) is 10.6. The molecule has 114 valence electrons. The van der Waals surface area contributed by atoms with Gasteiger partial charge in [0.25, 0.3) is 0 Å². The quantitative estimate of drug-likeness (QED) is 0.750. The maximum Gasteiger partial charge on any atom is 0.117 e. The van der Waals surface area contributed by atoms with E-state index >= 15 is 0 Å². The first kappa shape index (κ1) is 15.7. The van der Waals surface area contributed by atoms with E-state index in [-0.39, 0.29) is 6.04 Å². The number of rotatable bonds is 8. The highest BCUT2D eigenvalue weighted by atomic mass is 15.5. The third kappa shape index (κ3) is 4.39. The molecule has 0 spiro atoms. The fourth-order valence-electron chi connectivity index (χ4n) is 2.23. The molecule has 0 aliphatic rings. The number of aromatic nitrogens is 3. The molecule has 0 unspecified atom stereocenters. The van der Waals surface area contributed by atoms with Gasteiger partial charge in [-0.3, -0.25) is 0 Å². The van der Waals surface area contributed by atoms with Crippen molar-refractivity contribution in [3.8, 4) is 11.3 Å². The zero-order valence-electron chi connectivity index (χ0n) is 13.3. The molecule has 0 aliphatic carbocycles. The highest BCUT2D eigenvalue weighted by Gasteiger charge is 2.13. The average molecular weight is 286 g/mol.